The first-order chi connectivity index (χ1) is 9.18. The van der Waals surface area contributed by atoms with E-state index < -0.39 is 0 Å². The van der Waals surface area contributed by atoms with E-state index in [1.165, 1.54) is 5.56 Å². The zero-order valence-corrected chi connectivity index (χ0v) is 11.3. The predicted molar refractivity (Wildman–Crippen MR) is 75.6 cm³/mol. The predicted octanol–water partition coefficient (Wildman–Crippen LogP) is 2.80. The molecule has 4 nitrogen and oxygen atoms in total. The van der Waals surface area contributed by atoms with Crippen LogP contribution in [0.4, 0.5) is 0 Å². The Balaban J connectivity index is 2.21. The van der Waals surface area contributed by atoms with Crippen molar-refractivity contribution in [2.45, 2.75) is 6.92 Å². The maximum absolute atomic E-state index is 4.43. The molecule has 0 aliphatic heterocycles. The molecule has 3 aromatic rings. The monoisotopic (exact) mass is 252 g/mol. The molecule has 2 heterocycles. The van der Waals surface area contributed by atoms with Gasteiger partial charge in [-0.25, -0.2) is 9.97 Å². The van der Waals surface area contributed by atoms with Gasteiger partial charge in [0.1, 0.15) is 11.6 Å². The molecule has 0 amide bonds. The Bertz CT molecular complexity index is 663. The number of hydrogen-bond donors (Lipinski definition) is 0. The van der Waals surface area contributed by atoms with Gasteiger partial charge in [0.2, 0.25) is 0 Å². The van der Waals surface area contributed by atoms with Crippen molar-refractivity contribution in [3.63, 3.8) is 0 Å². The normalized spacial score (nSPS) is 10.9. The summed E-state index contributed by atoms with van der Waals surface area (Å²) in [6.45, 7) is 2.12. The molecule has 0 saturated heterocycles. The van der Waals surface area contributed by atoms with Crippen molar-refractivity contribution in [1.82, 2.24) is 19.1 Å². The van der Waals surface area contributed by atoms with Gasteiger partial charge in [0, 0.05) is 50.0 Å². The molecule has 0 radical (unpaired) electrons. The molecule has 0 atom stereocenters. The first-order valence-electron chi connectivity index (χ1n) is 6.23. The lowest BCUT2D eigenvalue weighted by molar-refractivity contribution is 0.917. The highest BCUT2D eigenvalue weighted by atomic mass is 15.0. The third-order valence-electron chi connectivity index (χ3n) is 3.46. The lowest BCUT2D eigenvalue weighted by atomic mass is 10.0. The Morgan fingerprint density at radius 1 is 0.842 bits per heavy atom. The maximum Gasteiger partial charge on any atom is 0.139 e. The summed E-state index contributed by atoms with van der Waals surface area (Å²) in [5.74, 6) is 1.96. The van der Waals surface area contributed by atoms with E-state index in [-0.39, 0.29) is 0 Å². The Hall–Kier alpha value is -2.36. The molecule has 19 heavy (non-hydrogen) atoms. The summed E-state index contributed by atoms with van der Waals surface area (Å²) in [7, 11) is 4.02. The largest absolute Gasteiger partial charge is 0.334 e. The van der Waals surface area contributed by atoms with Gasteiger partial charge in [0.15, 0.2) is 0 Å². The fourth-order valence-corrected chi connectivity index (χ4v) is 2.37. The van der Waals surface area contributed by atoms with Crippen molar-refractivity contribution in [2.24, 2.45) is 14.1 Å². The summed E-state index contributed by atoms with van der Waals surface area (Å²) in [4.78, 5) is 8.85. The van der Waals surface area contributed by atoms with Gasteiger partial charge in [-0.2, -0.15) is 0 Å². The van der Waals surface area contributed by atoms with E-state index in [2.05, 4.69) is 35.1 Å². The molecular formula is C15H16N4. The summed E-state index contributed by atoms with van der Waals surface area (Å²) < 4.78 is 4.06. The number of hydrogen-bond acceptors (Lipinski definition) is 2. The van der Waals surface area contributed by atoms with E-state index in [4.69, 9.17) is 0 Å². The fourth-order valence-electron chi connectivity index (χ4n) is 2.37. The summed E-state index contributed by atoms with van der Waals surface area (Å²) in [5, 5.41) is 0. The van der Waals surface area contributed by atoms with E-state index in [0.717, 1.165) is 22.8 Å². The molecule has 0 aliphatic rings. The van der Waals surface area contributed by atoms with Gasteiger partial charge >= 0.3 is 0 Å². The number of imidazole rings is 2. The molecule has 0 spiro atoms. The van der Waals surface area contributed by atoms with Crippen LogP contribution in [0.1, 0.15) is 5.56 Å². The van der Waals surface area contributed by atoms with Crippen LogP contribution in [-0.2, 0) is 14.1 Å². The molecule has 96 valence electrons. The third-order valence-corrected chi connectivity index (χ3v) is 3.46. The molecule has 2 aromatic heterocycles. The Morgan fingerprint density at radius 2 is 1.32 bits per heavy atom. The van der Waals surface area contributed by atoms with Crippen LogP contribution in [0.3, 0.4) is 0 Å². The van der Waals surface area contributed by atoms with Gasteiger partial charge < -0.3 is 9.13 Å². The molecule has 1 aromatic carbocycles. The van der Waals surface area contributed by atoms with E-state index >= 15 is 0 Å². The standard InChI is InChI=1S/C15H16N4/c1-11-12(14-16-7-9-18(14)2)5-4-6-13(11)15-17-8-10-19(15)3/h4-10H,1-3H3. The summed E-state index contributed by atoms with van der Waals surface area (Å²) in [6.07, 6.45) is 7.56. The zero-order chi connectivity index (χ0) is 13.4. The third kappa shape index (κ3) is 1.85. The molecule has 0 N–H and O–H groups in total. The molecule has 0 bridgehead atoms. The van der Waals surface area contributed by atoms with Gasteiger partial charge in [0.25, 0.3) is 0 Å². The molecule has 0 aliphatic carbocycles. The van der Waals surface area contributed by atoms with Gasteiger partial charge in [0.05, 0.1) is 0 Å². The molecule has 3 rings (SSSR count). The average Bonchev–Trinajstić information content (AvgIpc) is 2.99. The molecule has 0 fully saturated rings. The van der Waals surface area contributed by atoms with Crippen LogP contribution < -0.4 is 0 Å². The molecular weight excluding hydrogens is 236 g/mol. The number of nitrogens with zero attached hydrogens (tertiary/aromatic N) is 4. The molecule has 4 heteroatoms. The first kappa shape index (κ1) is 11.7. The summed E-state index contributed by atoms with van der Waals surface area (Å²) in [5.41, 5.74) is 3.49. The smallest absolute Gasteiger partial charge is 0.139 e. The second-order valence-corrected chi connectivity index (χ2v) is 4.70. The SMILES string of the molecule is Cc1c(-c2nccn2C)cccc1-c1nccn1C. The van der Waals surface area contributed by atoms with Crippen molar-refractivity contribution in [3.05, 3.63) is 48.5 Å². The van der Waals surface area contributed by atoms with Gasteiger partial charge in [-0.15, -0.1) is 0 Å². The first-order valence-corrected chi connectivity index (χ1v) is 6.23. The van der Waals surface area contributed by atoms with Crippen LogP contribution >= 0.6 is 0 Å². The van der Waals surface area contributed by atoms with Gasteiger partial charge in [-0.1, -0.05) is 18.2 Å². The van der Waals surface area contributed by atoms with E-state index in [0.29, 0.717) is 0 Å². The van der Waals surface area contributed by atoms with Crippen LogP contribution in [0.15, 0.2) is 43.0 Å². The highest BCUT2D eigenvalue weighted by Crippen LogP contribution is 2.29. The second-order valence-electron chi connectivity index (χ2n) is 4.70. The lowest BCUT2D eigenvalue weighted by Crippen LogP contribution is -1.98. The molecule has 0 unspecified atom stereocenters. The van der Waals surface area contributed by atoms with Crippen molar-refractivity contribution in [1.29, 1.82) is 0 Å². The van der Waals surface area contributed by atoms with E-state index in [1.54, 1.807) is 0 Å². The fraction of sp³-hybridized carbons (Fsp3) is 0.200. The minimum atomic E-state index is 0.980. The van der Waals surface area contributed by atoms with Crippen molar-refractivity contribution in [2.75, 3.05) is 0 Å². The second kappa shape index (κ2) is 4.39. The van der Waals surface area contributed by atoms with Crippen LogP contribution in [0.25, 0.3) is 22.8 Å². The van der Waals surface area contributed by atoms with E-state index in [1.807, 2.05) is 48.0 Å². The average molecular weight is 252 g/mol. The Morgan fingerprint density at radius 3 is 1.68 bits per heavy atom. The van der Waals surface area contributed by atoms with Crippen LogP contribution in [0.5, 0.6) is 0 Å². The maximum atomic E-state index is 4.43. The van der Waals surface area contributed by atoms with Crippen LogP contribution in [0, 0.1) is 6.92 Å². The zero-order valence-electron chi connectivity index (χ0n) is 11.3. The quantitative estimate of drug-likeness (QED) is 0.703. The Labute approximate surface area is 112 Å². The van der Waals surface area contributed by atoms with Crippen molar-refractivity contribution in [3.8, 4) is 22.8 Å². The number of rotatable bonds is 2. The number of benzene rings is 1. The minimum Gasteiger partial charge on any atom is -0.334 e. The molecule has 0 saturated carbocycles. The van der Waals surface area contributed by atoms with Crippen molar-refractivity contribution >= 4 is 0 Å². The van der Waals surface area contributed by atoms with Gasteiger partial charge in [-0.3, -0.25) is 0 Å². The van der Waals surface area contributed by atoms with E-state index in [9.17, 15) is 0 Å². The highest BCUT2D eigenvalue weighted by molar-refractivity contribution is 5.72. The van der Waals surface area contributed by atoms with Crippen molar-refractivity contribution < 1.29 is 0 Å². The topological polar surface area (TPSA) is 35.6 Å². The van der Waals surface area contributed by atoms with Crippen LogP contribution in [0.2, 0.25) is 0 Å². The number of aryl methyl sites for hydroxylation is 2. The number of aromatic nitrogens is 4. The Kier molecular flexibility index (Phi) is 2.71. The highest BCUT2D eigenvalue weighted by Gasteiger charge is 2.13. The summed E-state index contributed by atoms with van der Waals surface area (Å²) >= 11 is 0. The minimum absolute atomic E-state index is 0.980. The summed E-state index contributed by atoms with van der Waals surface area (Å²) in [6, 6.07) is 6.26. The van der Waals surface area contributed by atoms with Crippen LogP contribution in [-0.4, -0.2) is 19.1 Å². The van der Waals surface area contributed by atoms with Gasteiger partial charge in [-0.05, 0) is 12.5 Å². The lowest BCUT2D eigenvalue weighted by Gasteiger charge is -2.11.